The molecule has 0 radical (unpaired) electrons. The van der Waals surface area contributed by atoms with Gasteiger partial charge in [0.15, 0.2) is 0 Å². The van der Waals surface area contributed by atoms with Gasteiger partial charge in [-0.25, -0.2) is 0 Å². The van der Waals surface area contributed by atoms with E-state index in [0.717, 1.165) is 0 Å². The van der Waals surface area contributed by atoms with Crippen LogP contribution in [-0.2, 0) is 14.3 Å². The fourth-order valence-electron chi connectivity index (χ4n) is 1.000. The minimum Gasteiger partial charge on any atom is -0.466 e. The van der Waals surface area contributed by atoms with E-state index in [-0.39, 0.29) is 24.0 Å². The molecular weight excluding hydrogens is 206 g/mol. The minimum atomic E-state index is -0.250. The van der Waals surface area contributed by atoms with E-state index in [1.165, 1.54) is 0 Å². The predicted molar refractivity (Wildman–Crippen MR) is 64.1 cm³/mol. The smallest absolute Gasteiger partial charge is 0.307 e. The molecule has 0 aromatic heterocycles. The van der Waals surface area contributed by atoms with E-state index in [4.69, 9.17) is 15.2 Å². The largest absolute Gasteiger partial charge is 0.466 e. The molecule has 4 heteroatoms. The number of nitrogens with two attached hydrogens (primary N) is 1. The van der Waals surface area contributed by atoms with E-state index < -0.39 is 0 Å². The van der Waals surface area contributed by atoms with Gasteiger partial charge in [0.1, 0.15) is 0 Å². The molecule has 0 rings (SSSR count). The molecule has 0 aliphatic rings. The highest BCUT2D eigenvalue weighted by Crippen LogP contribution is 2.13. The average molecular weight is 231 g/mol. The molecule has 2 N–H and O–H groups in total. The van der Waals surface area contributed by atoms with Crippen LogP contribution in [0.25, 0.3) is 0 Å². The van der Waals surface area contributed by atoms with Crippen molar-refractivity contribution in [3.05, 3.63) is 0 Å². The first-order valence-electron chi connectivity index (χ1n) is 5.75. The molecule has 0 heterocycles. The fourth-order valence-corrected chi connectivity index (χ4v) is 1.000. The fraction of sp³-hybridized carbons (Fsp3) is 0.917. The summed E-state index contributed by atoms with van der Waals surface area (Å²) in [6.07, 6.45) is 0.969. The van der Waals surface area contributed by atoms with Gasteiger partial charge < -0.3 is 15.2 Å². The summed E-state index contributed by atoms with van der Waals surface area (Å²) in [6.45, 7) is 8.28. The van der Waals surface area contributed by atoms with E-state index in [0.29, 0.717) is 18.9 Å². The summed E-state index contributed by atoms with van der Waals surface area (Å²) in [4.78, 5) is 11.4. The van der Waals surface area contributed by atoms with Gasteiger partial charge in [0.05, 0.1) is 18.6 Å². The van der Waals surface area contributed by atoms with Crippen molar-refractivity contribution in [1.29, 1.82) is 0 Å². The summed E-state index contributed by atoms with van der Waals surface area (Å²) >= 11 is 0. The molecule has 96 valence electrons. The number of rotatable bonds is 7. The molecule has 0 bridgehead atoms. The average Bonchev–Trinajstić information content (AvgIpc) is 2.17. The Kier molecular flexibility index (Phi) is 6.60. The summed E-state index contributed by atoms with van der Waals surface area (Å²) in [5.74, 6) is 0.0658. The molecule has 1 atom stereocenters. The minimum absolute atomic E-state index is 0.122. The van der Waals surface area contributed by atoms with Gasteiger partial charge in [0.25, 0.3) is 0 Å². The highest BCUT2D eigenvalue weighted by atomic mass is 16.5. The van der Waals surface area contributed by atoms with E-state index in [2.05, 4.69) is 0 Å². The Morgan fingerprint density at radius 1 is 1.38 bits per heavy atom. The molecule has 0 saturated heterocycles. The Morgan fingerprint density at radius 2 is 1.94 bits per heavy atom. The maximum atomic E-state index is 11.4. The first-order chi connectivity index (χ1) is 7.28. The molecular formula is C12H25NO3. The third kappa shape index (κ3) is 6.80. The zero-order valence-electron chi connectivity index (χ0n) is 11.1. The Hall–Kier alpha value is -0.610. The second kappa shape index (κ2) is 6.86. The first kappa shape index (κ1) is 15.4. The van der Waals surface area contributed by atoms with Crippen molar-refractivity contribution in [2.75, 3.05) is 13.7 Å². The molecule has 1 unspecified atom stereocenters. The number of methoxy groups -OCH3 is 1. The molecule has 16 heavy (non-hydrogen) atoms. The lowest BCUT2D eigenvalue weighted by molar-refractivity contribution is -0.145. The maximum absolute atomic E-state index is 11.4. The van der Waals surface area contributed by atoms with Crippen molar-refractivity contribution in [2.45, 2.75) is 52.2 Å². The van der Waals surface area contributed by atoms with Gasteiger partial charge in [-0.15, -0.1) is 0 Å². The third-order valence-corrected chi connectivity index (χ3v) is 2.78. The van der Waals surface area contributed by atoms with Gasteiger partial charge in [0.2, 0.25) is 0 Å². The van der Waals surface area contributed by atoms with Crippen molar-refractivity contribution < 1.29 is 14.3 Å². The van der Waals surface area contributed by atoms with Crippen molar-refractivity contribution >= 4 is 5.97 Å². The predicted octanol–water partition coefficient (Wildman–Crippen LogP) is 1.72. The van der Waals surface area contributed by atoms with Crippen LogP contribution in [0, 0.1) is 5.92 Å². The van der Waals surface area contributed by atoms with Gasteiger partial charge in [0, 0.05) is 19.6 Å². The molecule has 0 aliphatic carbocycles. The van der Waals surface area contributed by atoms with Crippen LogP contribution in [0.4, 0.5) is 0 Å². The number of esters is 1. The second-order valence-electron chi connectivity index (χ2n) is 5.05. The van der Waals surface area contributed by atoms with Crippen LogP contribution in [0.15, 0.2) is 0 Å². The van der Waals surface area contributed by atoms with Crippen LogP contribution in [0.1, 0.15) is 40.5 Å². The summed E-state index contributed by atoms with van der Waals surface area (Å²) < 4.78 is 10.3. The zero-order valence-corrected chi connectivity index (χ0v) is 11.1. The number of hydrogen-bond acceptors (Lipinski definition) is 4. The maximum Gasteiger partial charge on any atom is 0.307 e. The van der Waals surface area contributed by atoms with Crippen molar-refractivity contribution in [3.8, 4) is 0 Å². The lowest BCUT2D eigenvalue weighted by Gasteiger charge is -2.22. The molecule has 0 fully saturated rings. The lowest BCUT2D eigenvalue weighted by Crippen LogP contribution is -2.31. The molecule has 0 aliphatic heterocycles. The van der Waals surface area contributed by atoms with Crippen molar-refractivity contribution in [3.63, 3.8) is 0 Å². The third-order valence-electron chi connectivity index (χ3n) is 2.78. The number of carbonyl (C=O) groups is 1. The van der Waals surface area contributed by atoms with Crippen LogP contribution in [0.3, 0.4) is 0 Å². The quantitative estimate of drug-likeness (QED) is 0.678. The van der Waals surface area contributed by atoms with Gasteiger partial charge in [-0.2, -0.15) is 0 Å². The second-order valence-corrected chi connectivity index (χ2v) is 5.05. The van der Waals surface area contributed by atoms with Gasteiger partial charge >= 0.3 is 5.97 Å². The van der Waals surface area contributed by atoms with Gasteiger partial charge in [-0.05, 0) is 19.8 Å². The Morgan fingerprint density at radius 3 is 2.38 bits per heavy atom. The summed E-state index contributed by atoms with van der Waals surface area (Å²) in [5, 5.41) is 0. The standard InChI is InChI=1S/C12H25NO3/c1-9(2)10(13)8-11(14)16-7-6-12(3,4)15-5/h9-10H,6-8,13H2,1-5H3. The van der Waals surface area contributed by atoms with Crippen LogP contribution in [-0.4, -0.2) is 31.3 Å². The molecule has 0 aromatic rings. The zero-order chi connectivity index (χ0) is 12.8. The Bertz CT molecular complexity index is 214. The monoisotopic (exact) mass is 231 g/mol. The van der Waals surface area contributed by atoms with Crippen LogP contribution < -0.4 is 5.73 Å². The van der Waals surface area contributed by atoms with Gasteiger partial charge in [-0.3, -0.25) is 4.79 Å². The Labute approximate surface area is 98.5 Å². The van der Waals surface area contributed by atoms with E-state index >= 15 is 0 Å². The topological polar surface area (TPSA) is 61.5 Å². The van der Waals surface area contributed by atoms with Crippen molar-refractivity contribution in [1.82, 2.24) is 0 Å². The normalized spacial score (nSPS) is 13.9. The van der Waals surface area contributed by atoms with E-state index in [1.54, 1.807) is 7.11 Å². The number of hydrogen-bond donors (Lipinski definition) is 1. The molecule has 0 amide bonds. The van der Waals surface area contributed by atoms with Crippen LogP contribution in [0.2, 0.25) is 0 Å². The molecule has 0 aromatic carbocycles. The number of ether oxygens (including phenoxy) is 2. The highest BCUT2D eigenvalue weighted by molar-refractivity contribution is 5.70. The van der Waals surface area contributed by atoms with Crippen LogP contribution in [0.5, 0.6) is 0 Å². The number of carbonyl (C=O) groups excluding carboxylic acids is 1. The lowest BCUT2D eigenvalue weighted by atomic mass is 10.0. The van der Waals surface area contributed by atoms with E-state index in [9.17, 15) is 4.79 Å². The van der Waals surface area contributed by atoms with Crippen molar-refractivity contribution in [2.24, 2.45) is 11.7 Å². The van der Waals surface area contributed by atoms with E-state index in [1.807, 2.05) is 27.7 Å². The summed E-state index contributed by atoms with van der Waals surface area (Å²) in [6, 6.07) is -0.122. The van der Waals surface area contributed by atoms with Crippen LogP contribution >= 0.6 is 0 Å². The Balaban J connectivity index is 3.75. The first-order valence-corrected chi connectivity index (χ1v) is 5.75. The molecule has 4 nitrogen and oxygen atoms in total. The molecule has 0 saturated carbocycles. The SMILES string of the molecule is COC(C)(C)CCOC(=O)CC(N)C(C)C. The summed E-state index contributed by atoms with van der Waals surface area (Å²) in [5.41, 5.74) is 5.53. The highest BCUT2D eigenvalue weighted by Gasteiger charge is 2.18. The molecule has 0 spiro atoms. The van der Waals surface area contributed by atoms with Gasteiger partial charge in [-0.1, -0.05) is 13.8 Å². The summed E-state index contributed by atoms with van der Waals surface area (Å²) in [7, 11) is 1.65.